The number of ether oxygens (including phenoxy) is 1. The molecule has 0 aliphatic heterocycles. The second-order valence-corrected chi connectivity index (χ2v) is 7.16. The highest BCUT2D eigenvalue weighted by Gasteiger charge is 2.43. The lowest BCUT2D eigenvalue weighted by Gasteiger charge is -2.21. The Hall–Kier alpha value is -1.07. The van der Waals surface area contributed by atoms with Gasteiger partial charge in [0.05, 0.1) is 5.69 Å². The zero-order valence-corrected chi connectivity index (χ0v) is 13.7. The summed E-state index contributed by atoms with van der Waals surface area (Å²) in [6, 6.07) is 5.98. The van der Waals surface area contributed by atoms with Gasteiger partial charge in [0.2, 0.25) is 0 Å². The van der Waals surface area contributed by atoms with Crippen LogP contribution in [0.2, 0.25) is 0 Å². The van der Waals surface area contributed by atoms with E-state index in [-0.39, 0.29) is 5.41 Å². The van der Waals surface area contributed by atoms with Crippen molar-refractivity contribution >= 4 is 27.7 Å². The molecule has 3 N–H and O–H groups in total. The van der Waals surface area contributed by atoms with Crippen LogP contribution in [0.4, 0.5) is 10.5 Å². The average molecular weight is 341 g/mol. The fraction of sp³-hybridized carbons (Fsp3) is 0.533. The van der Waals surface area contributed by atoms with Crippen LogP contribution in [0.1, 0.15) is 39.2 Å². The number of carbonyl (C=O) groups excluding carboxylic acids is 1. The molecule has 0 aromatic heterocycles. The van der Waals surface area contributed by atoms with Crippen LogP contribution < -0.4 is 11.1 Å². The van der Waals surface area contributed by atoms with Crippen LogP contribution in [-0.2, 0) is 10.2 Å². The summed E-state index contributed by atoms with van der Waals surface area (Å²) in [5.74, 6) is 0. The Bertz CT molecular complexity index is 519. The molecule has 0 atom stereocenters. The van der Waals surface area contributed by atoms with Gasteiger partial charge in [-0.15, -0.1) is 0 Å². The number of hydrogen-bond acceptors (Lipinski definition) is 3. The summed E-state index contributed by atoms with van der Waals surface area (Å²) in [4.78, 5) is 11.8. The molecule has 5 heteroatoms. The van der Waals surface area contributed by atoms with Gasteiger partial charge in [-0.1, -0.05) is 6.07 Å². The molecule has 0 radical (unpaired) electrons. The molecule has 0 unspecified atom stereocenters. The highest BCUT2D eigenvalue weighted by atomic mass is 79.9. The van der Waals surface area contributed by atoms with E-state index in [1.54, 1.807) is 0 Å². The first kappa shape index (κ1) is 15.3. The van der Waals surface area contributed by atoms with Gasteiger partial charge in [-0.05, 0) is 67.2 Å². The van der Waals surface area contributed by atoms with E-state index in [1.165, 1.54) is 5.56 Å². The van der Waals surface area contributed by atoms with Gasteiger partial charge in [-0.25, -0.2) is 4.79 Å². The highest BCUT2D eigenvalue weighted by molar-refractivity contribution is 9.10. The van der Waals surface area contributed by atoms with Gasteiger partial charge in [0.25, 0.3) is 0 Å². The standard InChI is InChI=1S/C15H21BrN2O2/c1-14(2,3)20-13(19)18-12-8-10(4-5-11(12)16)15(9-17)6-7-15/h4-5,8H,6-7,9,17H2,1-3H3,(H,18,19). The Kier molecular flexibility index (Phi) is 4.12. The third-order valence-corrected chi connectivity index (χ3v) is 4.15. The third-order valence-electron chi connectivity index (χ3n) is 3.46. The highest BCUT2D eigenvalue weighted by Crippen LogP contribution is 2.48. The maximum Gasteiger partial charge on any atom is 0.412 e. The fourth-order valence-corrected chi connectivity index (χ4v) is 2.47. The molecule has 0 bridgehead atoms. The monoisotopic (exact) mass is 340 g/mol. The van der Waals surface area contributed by atoms with Crippen molar-refractivity contribution in [3.8, 4) is 0 Å². The van der Waals surface area contributed by atoms with E-state index in [4.69, 9.17) is 10.5 Å². The van der Waals surface area contributed by atoms with E-state index in [1.807, 2.05) is 32.9 Å². The van der Waals surface area contributed by atoms with Crippen LogP contribution in [-0.4, -0.2) is 18.2 Å². The number of rotatable bonds is 3. The number of nitrogens with two attached hydrogens (primary N) is 1. The van der Waals surface area contributed by atoms with Crippen molar-refractivity contribution in [3.05, 3.63) is 28.2 Å². The number of nitrogens with one attached hydrogen (secondary N) is 1. The second kappa shape index (κ2) is 5.37. The molecule has 1 fully saturated rings. The molecule has 0 saturated heterocycles. The molecule has 2 rings (SSSR count). The van der Waals surface area contributed by atoms with Crippen LogP contribution in [0.5, 0.6) is 0 Å². The summed E-state index contributed by atoms with van der Waals surface area (Å²) in [6.07, 6.45) is 1.77. The predicted molar refractivity (Wildman–Crippen MR) is 84.0 cm³/mol. The van der Waals surface area contributed by atoms with Gasteiger partial charge >= 0.3 is 6.09 Å². The molecule has 20 heavy (non-hydrogen) atoms. The quantitative estimate of drug-likeness (QED) is 0.879. The zero-order valence-electron chi connectivity index (χ0n) is 12.1. The molecule has 1 aliphatic rings. The van der Waals surface area contributed by atoms with Gasteiger partial charge < -0.3 is 10.5 Å². The van der Waals surface area contributed by atoms with Gasteiger partial charge in [-0.3, -0.25) is 5.32 Å². The smallest absolute Gasteiger partial charge is 0.412 e. The molecule has 1 amide bonds. The van der Waals surface area contributed by atoms with Crippen molar-refractivity contribution in [1.82, 2.24) is 0 Å². The van der Waals surface area contributed by atoms with Crippen LogP contribution in [0.15, 0.2) is 22.7 Å². The zero-order chi connectivity index (χ0) is 15.0. The Morgan fingerprint density at radius 1 is 1.45 bits per heavy atom. The van der Waals surface area contributed by atoms with Crippen LogP contribution >= 0.6 is 15.9 Å². The first-order valence-electron chi connectivity index (χ1n) is 6.76. The molecular formula is C15H21BrN2O2. The number of halogens is 1. The topological polar surface area (TPSA) is 64.3 Å². The first-order chi connectivity index (χ1) is 9.26. The summed E-state index contributed by atoms with van der Waals surface area (Å²) in [5, 5.41) is 2.78. The summed E-state index contributed by atoms with van der Waals surface area (Å²) in [6.45, 7) is 6.16. The van der Waals surface area contributed by atoms with Crippen LogP contribution in [0.3, 0.4) is 0 Å². The molecule has 0 heterocycles. The van der Waals surface area contributed by atoms with E-state index < -0.39 is 11.7 Å². The molecule has 1 aliphatic carbocycles. The number of anilines is 1. The van der Waals surface area contributed by atoms with E-state index in [2.05, 4.69) is 27.3 Å². The van der Waals surface area contributed by atoms with Crippen LogP contribution in [0, 0.1) is 0 Å². The normalized spacial score (nSPS) is 16.6. The number of carbonyl (C=O) groups is 1. The Morgan fingerprint density at radius 2 is 2.10 bits per heavy atom. The summed E-state index contributed by atoms with van der Waals surface area (Å²) in [7, 11) is 0. The number of benzene rings is 1. The van der Waals surface area contributed by atoms with Gasteiger partial charge in [0.15, 0.2) is 0 Å². The maximum atomic E-state index is 11.8. The van der Waals surface area contributed by atoms with Crippen molar-refractivity contribution in [3.63, 3.8) is 0 Å². The van der Waals surface area contributed by atoms with Crippen molar-refractivity contribution in [2.24, 2.45) is 5.73 Å². The minimum absolute atomic E-state index is 0.102. The van der Waals surface area contributed by atoms with E-state index in [0.29, 0.717) is 6.54 Å². The van der Waals surface area contributed by atoms with Gasteiger partial charge in [0, 0.05) is 16.4 Å². The van der Waals surface area contributed by atoms with Crippen molar-refractivity contribution in [2.75, 3.05) is 11.9 Å². The largest absolute Gasteiger partial charge is 0.444 e. The molecule has 110 valence electrons. The van der Waals surface area contributed by atoms with Crippen molar-refractivity contribution in [1.29, 1.82) is 0 Å². The second-order valence-electron chi connectivity index (χ2n) is 6.31. The lowest BCUT2D eigenvalue weighted by atomic mass is 9.96. The maximum absolute atomic E-state index is 11.8. The molecule has 1 aromatic carbocycles. The van der Waals surface area contributed by atoms with E-state index in [0.717, 1.165) is 23.0 Å². The Labute approximate surface area is 128 Å². The lowest BCUT2D eigenvalue weighted by Crippen LogP contribution is -2.27. The van der Waals surface area contributed by atoms with E-state index >= 15 is 0 Å². The average Bonchev–Trinajstić information content (AvgIpc) is 3.10. The summed E-state index contributed by atoms with van der Waals surface area (Å²) < 4.78 is 6.10. The Balaban J connectivity index is 2.15. The molecule has 0 spiro atoms. The van der Waals surface area contributed by atoms with Gasteiger partial charge in [-0.2, -0.15) is 0 Å². The SMILES string of the molecule is CC(C)(C)OC(=O)Nc1cc(C2(CN)CC2)ccc1Br. The van der Waals surface area contributed by atoms with Gasteiger partial charge in [0.1, 0.15) is 5.60 Å². The lowest BCUT2D eigenvalue weighted by molar-refractivity contribution is 0.0636. The van der Waals surface area contributed by atoms with E-state index in [9.17, 15) is 4.79 Å². The Morgan fingerprint density at radius 3 is 2.60 bits per heavy atom. The molecule has 1 saturated carbocycles. The predicted octanol–water partition coefficient (Wildman–Crippen LogP) is 3.79. The van der Waals surface area contributed by atoms with Crippen LogP contribution in [0.25, 0.3) is 0 Å². The summed E-state index contributed by atoms with van der Waals surface area (Å²) >= 11 is 3.45. The minimum Gasteiger partial charge on any atom is -0.444 e. The molecule has 4 nitrogen and oxygen atoms in total. The fourth-order valence-electron chi connectivity index (χ4n) is 2.13. The molecular weight excluding hydrogens is 320 g/mol. The molecule has 1 aromatic rings. The van der Waals surface area contributed by atoms with Crippen molar-refractivity contribution < 1.29 is 9.53 Å². The van der Waals surface area contributed by atoms with Crippen molar-refractivity contribution in [2.45, 2.75) is 44.6 Å². The third kappa shape index (κ3) is 3.52. The first-order valence-corrected chi connectivity index (χ1v) is 7.55. The number of amides is 1. The minimum atomic E-state index is -0.511. The summed E-state index contributed by atoms with van der Waals surface area (Å²) in [5.41, 5.74) is 7.34. The number of hydrogen-bond donors (Lipinski definition) is 2.